The smallest absolute Gasteiger partial charge is 0.305 e. The van der Waals surface area contributed by atoms with E-state index in [0.717, 1.165) is 41.0 Å². The number of hydrogen-bond acceptors (Lipinski definition) is 6. The molecule has 3 aromatic carbocycles. The second-order valence-corrected chi connectivity index (χ2v) is 9.05. The highest BCUT2D eigenvalue weighted by Gasteiger charge is 2.15. The maximum absolute atomic E-state index is 11.5. The van der Waals surface area contributed by atoms with E-state index in [4.69, 9.17) is 9.47 Å². The van der Waals surface area contributed by atoms with Gasteiger partial charge in [-0.1, -0.05) is 48.9 Å². The number of aryl methyl sites for hydroxylation is 2. The summed E-state index contributed by atoms with van der Waals surface area (Å²) in [5.74, 6) is 0.238. The molecule has 3 rings (SSSR count). The van der Waals surface area contributed by atoms with Gasteiger partial charge >= 0.3 is 5.97 Å². The Hall–Kier alpha value is -4.19. The summed E-state index contributed by atoms with van der Waals surface area (Å²) in [7, 11) is 1.41. The van der Waals surface area contributed by atoms with E-state index < -0.39 is 0 Å². The third-order valence-electron chi connectivity index (χ3n) is 6.05. The van der Waals surface area contributed by atoms with Gasteiger partial charge in [-0.3, -0.25) is 4.79 Å². The molecule has 0 N–H and O–H groups in total. The Kier molecular flexibility index (Phi) is 10.8. The molecular weight excluding hydrogens is 474 g/mol. The first-order valence-electron chi connectivity index (χ1n) is 12.9. The zero-order valence-electron chi connectivity index (χ0n) is 22.8. The zero-order chi connectivity index (χ0) is 27.3. The Bertz CT molecular complexity index is 1230. The second-order valence-electron chi connectivity index (χ2n) is 9.05. The van der Waals surface area contributed by atoms with Crippen LogP contribution in [-0.2, 0) is 20.7 Å². The molecule has 1 atom stereocenters. The van der Waals surface area contributed by atoms with Crippen molar-refractivity contribution in [2.24, 2.45) is 10.2 Å². The summed E-state index contributed by atoms with van der Waals surface area (Å²) in [6, 6.07) is 24.7. The minimum atomic E-state index is -0.208. The number of ether oxygens (including phenoxy) is 2. The van der Waals surface area contributed by atoms with Gasteiger partial charge in [-0.05, 0) is 80.8 Å². The maximum atomic E-state index is 11.5. The average Bonchev–Trinajstić information content (AvgIpc) is 2.94. The van der Waals surface area contributed by atoms with Crippen molar-refractivity contribution in [3.8, 4) is 0 Å². The van der Waals surface area contributed by atoms with Gasteiger partial charge in [-0.2, -0.15) is 5.10 Å². The van der Waals surface area contributed by atoms with E-state index in [-0.39, 0.29) is 12.1 Å². The average molecular weight is 512 g/mol. The Labute approximate surface area is 226 Å². The van der Waals surface area contributed by atoms with Crippen LogP contribution < -0.4 is 4.90 Å². The van der Waals surface area contributed by atoms with Gasteiger partial charge in [0.25, 0.3) is 0 Å². The predicted octanol–water partition coefficient (Wildman–Crippen LogP) is 7.69. The van der Waals surface area contributed by atoms with Gasteiger partial charge in [0.2, 0.25) is 5.90 Å². The van der Waals surface area contributed by atoms with E-state index in [1.54, 1.807) is 0 Å². The Morgan fingerprint density at radius 3 is 2.08 bits per heavy atom. The number of esters is 1. The lowest BCUT2D eigenvalue weighted by molar-refractivity contribution is -0.140. The molecular formula is C32H37N3O3. The molecule has 1 unspecified atom stereocenters. The van der Waals surface area contributed by atoms with Crippen LogP contribution >= 0.6 is 0 Å². The van der Waals surface area contributed by atoms with E-state index in [1.807, 2.05) is 31.2 Å². The highest BCUT2D eigenvalue weighted by Crippen LogP contribution is 2.35. The molecule has 0 amide bonds. The number of carbonyl (C=O) groups excluding carboxylic acids is 1. The van der Waals surface area contributed by atoms with E-state index in [2.05, 4.69) is 96.4 Å². The fourth-order valence-corrected chi connectivity index (χ4v) is 3.96. The quantitative estimate of drug-likeness (QED) is 0.0822. The molecule has 0 aromatic heterocycles. The fraction of sp³-hybridized carbons (Fsp3) is 0.281. The van der Waals surface area contributed by atoms with Gasteiger partial charge in [0, 0.05) is 42.2 Å². The van der Waals surface area contributed by atoms with Crippen LogP contribution in [0, 0.1) is 6.92 Å². The van der Waals surface area contributed by atoms with Crippen molar-refractivity contribution in [2.75, 3.05) is 12.0 Å². The molecule has 3 aromatic rings. The maximum Gasteiger partial charge on any atom is 0.305 e. The standard InChI is InChI=1S/C32H37N3O3/c1-6-7-8-9-25(3)38-32(34-33-4)27-15-21-30(22-16-27)35(28-17-10-24(2)11-18-28)29-19-12-26(13-20-29)14-23-31(36)37-5/h7-8,10-13,15-22,25H,4,6,9,14,23H2,1-3,5H3/b8-7-,34-32-. The normalized spacial score (nSPS) is 12.3. The third kappa shape index (κ3) is 8.17. The minimum absolute atomic E-state index is 0.0419. The van der Waals surface area contributed by atoms with Crippen molar-refractivity contribution in [3.05, 3.63) is 102 Å². The molecule has 0 bridgehead atoms. The topological polar surface area (TPSA) is 63.5 Å². The third-order valence-corrected chi connectivity index (χ3v) is 6.05. The summed E-state index contributed by atoms with van der Waals surface area (Å²) in [5.41, 5.74) is 6.15. The van der Waals surface area contributed by atoms with Gasteiger partial charge in [-0.15, -0.1) is 5.10 Å². The van der Waals surface area contributed by atoms with Crippen molar-refractivity contribution in [2.45, 2.75) is 52.6 Å². The number of benzene rings is 3. The lowest BCUT2D eigenvalue weighted by Crippen LogP contribution is -2.16. The van der Waals surface area contributed by atoms with Crippen molar-refractivity contribution in [3.63, 3.8) is 0 Å². The number of anilines is 3. The van der Waals surface area contributed by atoms with Gasteiger partial charge in [0.05, 0.1) is 7.11 Å². The Morgan fingerprint density at radius 2 is 1.53 bits per heavy atom. The molecule has 0 aliphatic carbocycles. The molecule has 0 fully saturated rings. The number of carbonyl (C=O) groups is 1. The number of hydrogen-bond donors (Lipinski definition) is 0. The first kappa shape index (κ1) is 28.4. The fourth-order valence-electron chi connectivity index (χ4n) is 3.96. The van der Waals surface area contributed by atoms with Crippen molar-refractivity contribution >= 4 is 35.6 Å². The number of nitrogens with zero attached hydrogens (tertiary/aromatic N) is 3. The largest absolute Gasteiger partial charge is 0.473 e. The number of allylic oxidation sites excluding steroid dienone is 1. The van der Waals surface area contributed by atoms with Crippen LogP contribution in [0.15, 0.2) is 95.2 Å². The van der Waals surface area contributed by atoms with Crippen LogP contribution in [0.1, 0.15) is 49.8 Å². The summed E-state index contributed by atoms with van der Waals surface area (Å²) in [4.78, 5) is 13.7. The van der Waals surface area contributed by atoms with Crippen LogP contribution in [0.3, 0.4) is 0 Å². The first-order valence-corrected chi connectivity index (χ1v) is 12.9. The van der Waals surface area contributed by atoms with Gasteiger partial charge in [-0.25, -0.2) is 0 Å². The van der Waals surface area contributed by atoms with Crippen molar-refractivity contribution < 1.29 is 14.3 Å². The van der Waals surface area contributed by atoms with Crippen LogP contribution in [0.2, 0.25) is 0 Å². The molecule has 198 valence electrons. The van der Waals surface area contributed by atoms with Crippen molar-refractivity contribution in [1.82, 2.24) is 0 Å². The molecule has 38 heavy (non-hydrogen) atoms. The molecule has 6 heteroatoms. The molecule has 0 aliphatic rings. The van der Waals surface area contributed by atoms with E-state index in [1.165, 1.54) is 12.7 Å². The van der Waals surface area contributed by atoms with Crippen LogP contribution in [0.25, 0.3) is 0 Å². The van der Waals surface area contributed by atoms with Crippen LogP contribution in [0.5, 0.6) is 0 Å². The van der Waals surface area contributed by atoms with E-state index in [9.17, 15) is 4.79 Å². The summed E-state index contributed by atoms with van der Waals surface area (Å²) < 4.78 is 10.9. The highest BCUT2D eigenvalue weighted by atomic mass is 16.5. The van der Waals surface area contributed by atoms with Crippen LogP contribution in [0.4, 0.5) is 17.1 Å². The van der Waals surface area contributed by atoms with E-state index >= 15 is 0 Å². The van der Waals surface area contributed by atoms with Gasteiger partial charge < -0.3 is 14.4 Å². The lowest BCUT2D eigenvalue weighted by Gasteiger charge is -2.26. The molecule has 0 saturated carbocycles. The molecule has 0 radical (unpaired) electrons. The summed E-state index contributed by atoms with van der Waals surface area (Å²) in [6.45, 7) is 9.71. The SMILES string of the molecule is C=N/N=C(\OC(C)C/C=C\CC)c1ccc(N(c2ccc(C)cc2)c2ccc(CCC(=O)OC)cc2)cc1. The zero-order valence-corrected chi connectivity index (χ0v) is 22.8. The number of methoxy groups -OCH3 is 1. The predicted molar refractivity (Wildman–Crippen MR) is 157 cm³/mol. The monoisotopic (exact) mass is 511 g/mol. The van der Waals surface area contributed by atoms with Crippen LogP contribution in [-0.4, -0.2) is 31.8 Å². The molecule has 0 saturated heterocycles. The van der Waals surface area contributed by atoms with Crippen molar-refractivity contribution in [1.29, 1.82) is 0 Å². The Morgan fingerprint density at radius 1 is 0.947 bits per heavy atom. The first-order chi connectivity index (χ1) is 18.4. The van der Waals surface area contributed by atoms with E-state index in [0.29, 0.717) is 18.7 Å². The molecule has 0 aliphatic heterocycles. The highest BCUT2D eigenvalue weighted by molar-refractivity contribution is 5.95. The van der Waals surface area contributed by atoms with Gasteiger partial charge in [0.1, 0.15) is 6.10 Å². The van der Waals surface area contributed by atoms with Gasteiger partial charge in [0.15, 0.2) is 0 Å². The minimum Gasteiger partial charge on any atom is -0.473 e. The summed E-state index contributed by atoms with van der Waals surface area (Å²) in [6.07, 6.45) is 6.99. The molecule has 0 spiro atoms. The summed E-state index contributed by atoms with van der Waals surface area (Å²) in [5, 5.41) is 7.86. The Balaban J connectivity index is 1.88. The molecule has 6 nitrogen and oxygen atoms in total. The summed E-state index contributed by atoms with van der Waals surface area (Å²) >= 11 is 0. The number of rotatable bonds is 12. The molecule has 0 heterocycles. The second kappa shape index (κ2) is 14.5. The lowest BCUT2D eigenvalue weighted by atomic mass is 10.1.